The lowest BCUT2D eigenvalue weighted by molar-refractivity contribution is -0.132. The topological polar surface area (TPSA) is 55.6 Å². The second-order valence-electron chi connectivity index (χ2n) is 7.44. The molecule has 158 valence electrons. The summed E-state index contributed by atoms with van der Waals surface area (Å²) in [5, 5.41) is 0.623. The van der Waals surface area contributed by atoms with Crippen LogP contribution in [-0.4, -0.2) is 22.9 Å². The number of nitrogens with zero attached hydrogens (tertiary/aromatic N) is 2. The third kappa shape index (κ3) is 5.06. The van der Waals surface area contributed by atoms with E-state index in [1.54, 1.807) is 12.0 Å². The van der Waals surface area contributed by atoms with Crippen LogP contribution in [0.3, 0.4) is 0 Å². The Morgan fingerprint density at radius 3 is 2.58 bits per heavy atom. The Labute approximate surface area is 186 Å². The summed E-state index contributed by atoms with van der Waals surface area (Å²) in [6, 6.07) is 20.9. The van der Waals surface area contributed by atoms with Gasteiger partial charge >= 0.3 is 0 Å². The van der Waals surface area contributed by atoms with Crippen LogP contribution in [0.4, 0.5) is 0 Å². The first-order valence-corrected chi connectivity index (χ1v) is 10.4. The zero-order valence-electron chi connectivity index (χ0n) is 17.5. The van der Waals surface area contributed by atoms with Crippen molar-refractivity contribution >= 4 is 28.6 Å². The second kappa shape index (κ2) is 9.23. The quantitative estimate of drug-likeness (QED) is 0.381. The zero-order chi connectivity index (χ0) is 21.8. The van der Waals surface area contributed by atoms with Crippen molar-refractivity contribution < 1.29 is 13.9 Å². The van der Waals surface area contributed by atoms with E-state index in [2.05, 4.69) is 4.98 Å². The first-order chi connectivity index (χ1) is 15.0. The van der Waals surface area contributed by atoms with E-state index < -0.39 is 0 Å². The van der Waals surface area contributed by atoms with Crippen molar-refractivity contribution in [1.29, 1.82) is 0 Å². The molecule has 0 bridgehead atoms. The number of hydrogen-bond acceptors (Lipinski definition) is 4. The summed E-state index contributed by atoms with van der Waals surface area (Å²) in [6.45, 7) is 2.64. The fraction of sp³-hybridized carbons (Fsp3) is 0.200. The summed E-state index contributed by atoms with van der Waals surface area (Å²) in [4.78, 5) is 19.5. The molecule has 5 nitrogen and oxygen atoms in total. The van der Waals surface area contributed by atoms with Crippen molar-refractivity contribution in [3.63, 3.8) is 0 Å². The molecule has 0 aliphatic heterocycles. The zero-order valence-corrected chi connectivity index (χ0v) is 18.2. The van der Waals surface area contributed by atoms with Crippen molar-refractivity contribution in [1.82, 2.24) is 9.88 Å². The molecule has 0 aliphatic rings. The predicted octanol–water partition coefficient (Wildman–Crippen LogP) is 5.57. The molecule has 0 fully saturated rings. The van der Waals surface area contributed by atoms with Gasteiger partial charge in [0.2, 0.25) is 11.8 Å². The van der Waals surface area contributed by atoms with Crippen LogP contribution in [0, 0.1) is 6.92 Å². The van der Waals surface area contributed by atoms with E-state index in [0.29, 0.717) is 23.0 Å². The SMILES string of the molecule is COc1ccc(CC(=O)N(Cc2nc3cc(C)ccc3o2)Cc2ccccc2Cl)cc1. The molecule has 6 heteroatoms. The molecule has 1 heterocycles. The minimum atomic E-state index is -0.0384. The summed E-state index contributed by atoms with van der Waals surface area (Å²) in [7, 11) is 1.62. The molecule has 0 saturated heterocycles. The average molecular weight is 435 g/mol. The van der Waals surface area contributed by atoms with E-state index in [1.165, 1.54) is 0 Å². The molecule has 0 N–H and O–H groups in total. The van der Waals surface area contributed by atoms with Gasteiger partial charge in [-0.05, 0) is 53.9 Å². The van der Waals surface area contributed by atoms with Gasteiger partial charge in [0.1, 0.15) is 11.3 Å². The Morgan fingerprint density at radius 1 is 1.06 bits per heavy atom. The molecule has 0 aliphatic carbocycles. The van der Waals surface area contributed by atoms with Crippen LogP contribution in [0.25, 0.3) is 11.1 Å². The number of fused-ring (bicyclic) bond motifs is 1. The Bertz CT molecular complexity index is 1200. The van der Waals surface area contributed by atoms with E-state index in [1.807, 2.05) is 73.7 Å². The normalized spacial score (nSPS) is 10.9. The van der Waals surface area contributed by atoms with Gasteiger partial charge in [-0.2, -0.15) is 0 Å². The van der Waals surface area contributed by atoms with Gasteiger partial charge in [-0.1, -0.05) is 48.0 Å². The number of aryl methyl sites for hydroxylation is 1. The minimum Gasteiger partial charge on any atom is -0.497 e. The van der Waals surface area contributed by atoms with Gasteiger partial charge < -0.3 is 14.1 Å². The van der Waals surface area contributed by atoms with Crippen LogP contribution < -0.4 is 4.74 Å². The number of oxazole rings is 1. The fourth-order valence-electron chi connectivity index (χ4n) is 3.41. The molecule has 0 atom stereocenters. The van der Waals surface area contributed by atoms with Gasteiger partial charge in [-0.25, -0.2) is 4.98 Å². The third-order valence-corrected chi connectivity index (χ3v) is 5.47. The van der Waals surface area contributed by atoms with Crippen LogP contribution >= 0.6 is 11.6 Å². The maximum absolute atomic E-state index is 13.2. The smallest absolute Gasteiger partial charge is 0.227 e. The van der Waals surface area contributed by atoms with Gasteiger partial charge in [-0.15, -0.1) is 0 Å². The summed E-state index contributed by atoms with van der Waals surface area (Å²) in [6.07, 6.45) is 0.258. The van der Waals surface area contributed by atoms with Crippen LogP contribution in [0.5, 0.6) is 5.75 Å². The Hall–Kier alpha value is -3.31. The number of halogens is 1. The minimum absolute atomic E-state index is 0.0384. The Morgan fingerprint density at radius 2 is 1.84 bits per heavy atom. The first-order valence-electron chi connectivity index (χ1n) is 10.0. The lowest BCUT2D eigenvalue weighted by Gasteiger charge is -2.22. The van der Waals surface area contributed by atoms with Gasteiger partial charge in [0.15, 0.2) is 5.58 Å². The Balaban J connectivity index is 1.59. The molecule has 3 aromatic carbocycles. The molecule has 31 heavy (non-hydrogen) atoms. The summed E-state index contributed by atoms with van der Waals surface area (Å²) < 4.78 is 11.1. The lowest BCUT2D eigenvalue weighted by atomic mass is 10.1. The van der Waals surface area contributed by atoms with Gasteiger partial charge in [0.25, 0.3) is 0 Å². The molecular weight excluding hydrogens is 412 g/mol. The molecule has 4 rings (SSSR count). The number of rotatable bonds is 7. The monoisotopic (exact) mass is 434 g/mol. The number of ether oxygens (including phenoxy) is 1. The van der Waals surface area contributed by atoms with Gasteiger partial charge in [0, 0.05) is 11.6 Å². The average Bonchev–Trinajstić information content (AvgIpc) is 3.16. The lowest BCUT2D eigenvalue weighted by Crippen LogP contribution is -2.31. The van der Waals surface area contributed by atoms with Crippen LogP contribution in [0.15, 0.2) is 71.1 Å². The summed E-state index contributed by atoms with van der Waals surface area (Å²) in [5.74, 6) is 1.21. The molecule has 0 saturated carbocycles. The van der Waals surface area contributed by atoms with E-state index in [-0.39, 0.29) is 18.9 Å². The molecule has 0 unspecified atom stereocenters. The number of aromatic nitrogens is 1. The highest BCUT2D eigenvalue weighted by atomic mass is 35.5. The largest absolute Gasteiger partial charge is 0.497 e. The van der Waals surface area contributed by atoms with E-state index in [0.717, 1.165) is 28.0 Å². The fourth-order valence-corrected chi connectivity index (χ4v) is 3.61. The summed E-state index contributed by atoms with van der Waals surface area (Å²) >= 11 is 6.36. The van der Waals surface area contributed by atoms with Crippen LogP contribution in [0.2, 0.25) is 5.02 Å². The Kier molecular flexibility index (Phi) is 6.23. The maximum Gasteiger partial charge on any atom is 0.227 e. The van der Waals surface area contributed by atoms with E-state index in [9.17, 15) is 4.79 Å². The highest BCUT2D eigenvalue weighted by Gasteiger charge is 2.19. The number of hydrogen-bond donors (Lipinski definition) is 0. The van der Waals surface area contributed by atoms with Crippen LogP contribution in [0.1, 0.15) is 22.6 Å². The summed E-state index contributed by atoms with van der Waals surface area (Å²) in [5.41, 5.74) is 4.38. The maximum atomic E-state index is 13.2. The van der Waals surface area contributed by atoms with Crippen molar-refractivity contribution in [2.75, 3.05) is 7.11 Å². The van der Waals surface area contributed by atoms with Crippen molar-refractivity contribution in [3.8, 4) is 5.75 Å². The van der Waals surface area contributed by atoms with Crippen molar-refractivity contribution in [2.24, 2.45) is 0 Å². The van der Waals surface area contributed by atoms with Gasteiger partial charge in [-0.3, -0.25) is 4.79 Å². The second-order valence-corrected chi connectivity index (χ2v) is 7.85. The predicted molar refractivity (Wildman–Crippen MR) is 121 cm³/mol. The number of methoxy groups -OCH3 is 1. The van der Waals surface area contributed by atoms with Crippen LogP contribution in [-0.2, 0) is 24.3 Å². The highest BCUT2D eigenvalue weighted by Crippen LogP contribution is 2.22. The molecule has 0 radical (unpaired) electrons. The van der Waals surface area contributed by atoms with E-state index >= 15 is 0 Å². The number of carbonyl (C=O) groups excluding carboxylic acids is 1. The molecule has 1 amide bonds. The van der Waals surface area contributed by atoms with Gasteiger partial charge in [0.05, 0.1) is 20.1 Å². The molecule has 1 aromatic heterocycles. The number of carbonyl (C=O) groups is 1. The molecular formula is C25H23ClN2O3. The first kappa shape index (κ1) is 20.9. The standard InChI is InChI=1S/C25H23ClN2O3/c1-17-7-12-23-22(13-17)27-24(31-23)16-28(15-19-5-3-4-6-21(19)26)25(29)14-18-8-10-20(30-2)11-9-18/h3-13H,14-16H2,1-2H3. The van der Waals surface area contributed by atoms with E-state index in [4.69, 9.17) is 20.8 Å². The third-order valence-electron chi connectivity index (χ3n) is 5.10. The molecule has 0 spiro atoms. The van der Waals surface area contributed by atoms with Crippen molar-refractivity contribution in [3.05, 3.63) is 94.3 Å². The number of amides is 1. The number of benzene rings is 3. The highest BCUT2D eigenvalue weighted by molar-refractivity contribution is 6.31. The molecule has 4 aromatic rings. The van der Waals surface area contributed by atoms with Crippen molar-refractivity contribution in [2.45, 2.75) is 26.4 Å².